The molecule has 1 aromatic carbocycles. The third-order valence-electron chi connectivity index (χ3n) is 4.38. The van der Waals surface area contributed by atoms with E-state index in [4.69, 9.17) is 0 Å². The lowest BCUT2D eigenvalue weighted by Gasteiger charge is -2.16. The summed E-state index contributed by atoms with van der Waals surface area (Å²) in [7, 11) is 0. The van der Waals surface area contributed by atoms with Crippen LogP contribution in [0.3, 0.4) is 0 Å². The van der Waals surface area contributed by atoms with E-state index in [2.05, 4.69) is 10.3 Å². The van der Waals surface area contributed by atoms with Gasteiger partial charge in [-0.1, -0.05) is 41.6 Å². The van der Waals surface area contributed by atoms with Crippen molar-refractivity contribution in [3.63, 3.8) is 0 Å². The molecule has 1 atom stereocenters. The number of likely N-dealkylation sites (tertiary alicyclic amines) is 1. The van der Waals surface area contributed by atoms with Crippen molar-refractivity contribution >= 4 is 17.2 Å². The van der Waals surface area contributed by atoms with Crippen LogP contribution in [0.1, 0.15) is 17.3 Å². The smallest absolute Gasteiger partial charge is 0.227 e. The maximum atomic E-state index is 12.4. The summed E-state index contributed by atoms with van der Waals surface area (Å²) in [4.78, 5) is 15.5. The zero-order valence-electron chi connectivity index (χ0n) is 13.2. The minimum atomic E-state index is 0.198. The van der Waals surface area contributed by atoms with Crippen LogP contribution in [0.5, 0.6) is 0 Å². The number of rotatable bonds is 4. The van der Waals surface area contributed by atoms with Crippen molar-refractivity contribution < 1.29 is 4.79 Å². The molecule has 4 rings (SSSR count). The van der Waals surface area contributed by atoms with E-state index < -0.39 is 0 Å². The van der Waals surface area contributed by atoms with Crippen LogP contribution in [-0.2, 0) is 11.2 Å². The molecule has 2 aromatic heterocycles. The van der Waals surface area contributed by atoms with Crippen LogP contribution in [0.2, 0.25) is 0 Å². The molecule has 0 aliphatic carbocycles. The average Bonchev–Trinajstić information content (AvgIpc) is 3.36. The standard InChI is InChI=1S/C18H18N4OS/c23-18(11-16-7-4-10-24-16)21-9-8-15(12-21)22-13-17(19-20-22)14-5-2-1-3-6-14/h1-7,10,13,15H,8-9,11-12H2/t15-/m1/s1. The lowest BCUT2D eigenvalue weighted by Crippen LogP contribution is -2.30. The van der Waals surface area contributed by atoms with Gasteiger partial charge in [0.05, 0.1) is 18.7 Å². The first-order chi connectivity index (χ1) is 11.8. The minimum absolute atomic E-state index is 0.198. The Kier molecular flexibility index (Phi) is 4.13. The number of thiophene rings is 1. The van der Waals surface area contributed by atoms with Gasteiger partial charge < -0.3 is 4.90 Å². The molecule has 3 aromatic rings. The maximum absolute atomic E-state index is 12.4. The van der Waals surface area contributed by atoms with Gasteiger partial charge in [0.25, 0.3) is 0 Å². The topological polar surface area (TPSA) is 51.0 Å². The van der Waals surface area contributed by atoms with Gasteiger partial charge in [-0.2, -0.15) is 0 Å². The fraction of sp³-hybridized carbons (Fsp3) is 0.278. The Balaban J connectivity index is 1.42. The van der Waals surface area contributed by atoms with Gasteiger partial charge in [0.15, 0.2) is 0 Å². The van der Waals surface area contributed by atoms with Crippen molar-refractivity contribution in [2.45, 2.75) is 18.9 Å². The van der Waals surface area contributed by atoms with Crippen molar-refractivity contribution in [1.82, 2.24) is 19.9 Å². The number of amides is 1. The zero-order valence-corrected chi connectivity index (χ0v) is 14.0. The number of hydrogen-bond acceptors (Lipinski definition) is 4. The van der Waals surface area contributed by atoms with Crippen molar-refractivity contribution in [3.8, 4) is 11.3 Å². The van der Waals surface area contributed by atoms with Crippen LogP contribution < -0.4 is 0 Å². The average molecular weight is 338 g/mol. The zero-order chi connectivity index (χ0) is 16.4. The predicted octanol–water partition coefficient (Wildman–Crippen LogP) is 3.02. The Bertz CT molecular complexity index is 813. The van der Waals surface area contributed by atoms with Gasteiger partial charge in [-0.25, -0.2) is 4.68 Å². The molecular weight excluding hydrogens is 320 g/mol. The first kappa shape index (κ1) is 15.1. The Morgan fingerprint density at radius 3 is 2.88 bits per heavy atom. The molecule has 1 aliphatic rings. The lowest BCUT2D eigenvalue weighted by molar-refractivity contribution is -0.129. The number of carbonyl (C=O) groups excluding carboxylic acids is 1. The predicted molar refractivity (Wildman–Crippen MR) is 93.7 cm³/mol. The molecule has 0 radical (unpaired) electrons. The van der Waals surface area contributed by atoms with Gasteiger partial charge in [-0.15, -0.1) is 16.4 Å². The van der Waals surface area contributed by atoms with E-state index >= 15 is 0 Å². The van der Waals surface area contributed by atoms with Crippen LogP contribution in [0.25, 0.3) is 11.3 Å². The van der Waals surface area contributed by atoms with Crippen molar-refractivity contribution in [3.05, 3.63) is 58.9 Å². The van der Waals surface area contributed by atoms with E-state index in [9.17, 15) is 4.79 Å². The summed E-state index contributed by atoms with van der Waals surface area (Å²) >= 11 is 1.63. The molecule has 24 heavy (non-hydrogen) atoms. The van der Waals surface area contributed by atoms with Crippen LogP contribution >= 0.6 is 11.3 Å². The lowest BCUT2D eigenvalue weighted by atomic mass is 10.2. The quantitative estimate of drug-likeness (QED) is 0.735. The van der Waals surface area contributed by atoms with Gasteiger partial charge in [-0.05, 0) is 17.9 Å². The summed E-state index contributed by atoms with van der Waals surface area (Å²) in [6.07, 6.45) is 3.40. The molecule has 1 fully saturated rings. The third-order valence-corrected chi connectivity index (χ3v) is 5.25. The minimum Gasteiger partial charge on any atom is -0.340 e. The molecule has 0 bridgehead atoms. The molecule has 6 heteroatoms. The van der Waals surface area contributed by atoms with Crippen molar-refractivity contribution in [2.24, 2.45) is 0 Å². The first-order valence-electron chi connectivity index (χ1n) is 8.07. The molecule has 0 N–H and O–H groups in total. The Morgan fingerprint density at radius 1 is 1.21 bits per heavy atom. The number of nitrogens with zero attached hydrogens (tertiary/aromatic N) is 4. The third kappa shape index (κ3) is 3.10. The van der Waals surface area contributed by atoms with Gasteiger partial charge in [0.2, 0.25) is 5.91 Å². The summed E-state index contributed by atoms with van der Waals surface area (Å²) in [5, 5.41) is 10.6. The summed E-state index contributed by atoms with van der Waals surface area (Å²) in [5.74, 6) is 0.198. The molecule has 3 heterocycles. The molecule has 1 amide bonds. The van der Waals surface area contributed by atoms with Crippen LogP contribution in [-0.4, -0.2) is 38.9 Å². The fourth-order valence-electron chi connectivity index (χ4n) is 3.05. The fourth-order valence-corrected chi connectivity index (χ4v) is 3.75. The molecular formula is C18H18N4OS. The van der Waals surface area contributed by atoms with E-state index in [1.807, 2.05) is 63.6 Å². The largest absolute Gasteiger partial charge is 0.340 e. The second-order valence-corrected chi connectivity index (χ2v) is 7.02. The molecule has 122 valence electrons. The maximum Gasteiger partial charge on any atom is 0.227 e. The second kappa shape index (κ2) is 6.57. The van der Waals surface area contributed by atoms with Crippen LogP contribution in [0, 0.1) is 0 Å². The normalized spacial score (nSPS) is 17.3. The monoisotopic (exact) mass is 338 g/mol. The van der Waals surface area contributed by atoms with Gasteiger partial charge in [-0.3, -0.25) is 4.79 Å². The van der Waals surface area contributed by atoms with Crippen molar-refractivity contribution in [2.75, 3.05) is 13.1 Å². The Morgan fingerprint density at radius 2 is 2.08 bits per heavy atom. The van der Waals surface area contributed by atoms with Crippen molar-refractivity contribution in [1.29, 1.82) is 0 Å². The van der Waals surface area contributed by atoms with E-state index in [0.29, 0.717) is 13.0 Å². The van der Waals surface area contributed by atoms with Crippen LogP contribution in [0.4, 0.5) is 0 Å². The molecule has 0 unspecified atom stereocenters. The molecule has 0 saturated carbocycles. The highest BCUT2D eigenvalue weighted by Crippen LogP contribution is 2.24. The highest BCUT2D eigenvalue weighted by atomic mass is 32.1. The van der Waals surface area contributed by atoms with E-state index in [1.54, 1.807) is 11.3 Å². The van der Waals surface area contributed by atoms with E-state index in [1.165, 1.54) is 0 Å². The number of carbonyl (C=O) groups is 1. The van der Waals surface area contributed by atoms with E-state index in [-0.39, 0.29) is 11.9 Å². The highest BCUT2D eigenvalue weighted by molar-refractivity contribution is 7.10. The summed E-state index contributed by atoms with van der Waals surface area (Å²) in [6.45, 7) is 1.50. The first-order valence-corrected chi connectivity index (χ1v) is 8.95. The number of benzene rings is 1. The summed E-state index contributed by atoms with van der Waals surface area (Å²) < 4.78 is 1.90. The van der Waals surface area contributed by atoms with Crippen LogP contribution in [0.15, 0.2) is 54.0 Å². The SMILES string of the molecule is O=C(Cc1cccs1)N1CC[C@@H](n2cc(-c3ccccc3)nn2)C1. The second-order valence-electron chi connectivity index (χ2n) is 5.99. The molecule has 1 saturated heterocycles. The van der Waals surface area contributed by atoms with E-state index in [0.717, 1.165) is 29.1 Å². The summed E-state index contributed by atoms with van der Waals surface area (Å²) in [5.41, 5.74) is 1.94. The Hall–Kier alpha value is -2.47. The number of hydrogen-bond donors (Lipinski definition) is 0. The van der Waals surface area contributed by atoms with Gasteiger partial charge in [0, 0.05) is 23.5 Å². The molecule has 0 spiro atoms. The Labute approximate surface area is 144 Å². The molecule has 1 aliphatic heterocycles. The van der Waals surface area contributed by atoms with Gasteiger partial charge in [0.1, 0.15) is 5.69 Å². The van der Waals surface area contributed by atoms with Gasteiger partial charge >= 0.3 is 0 Å². The molecule has 5 nitrogen and oxygen atoms in total. The summed E-state index contributed by atoms with van der Waals surface area (Å²) in [6, 6.07) is 14.2. The number of aromatic nitrogens is 3. The highest BCUT2D eigenvalue weighted by Gasteiger charge is 2.28.